The molecular weight excluding hydrogens is 1020 g/mol. The lowest BCUT2D eigenvalue weighted by Crippen LogP contribution is -2.64. The summed E-state index contributed by atoms with van der Waals surface area (Å²) < 4.78 is 23.2. The molecule has 0 saturated carbocycles. The standard InChI is InChI=1S/C65H66N6O10/c1-36(2)31-52(68-62(76)80-34-46-42-23-11-7-19-38(42)39-20-8-12-24-43(39)46)56(72)70-53(58(74)78-5)32-64(48-27-15-17-29-50(48)66-60(64)70)65-33-54(59(75)79-6)71(61(65)67-51-30-18-16-28-49(51)65)57(73)55(37(3)4)69-63(77)81-35-47-44-25-13-9-21-40(44)41-22-10-14-26-45(41)47/h7-30,36-37,46-47,52-55,60-61,66-67H,31-35H2,1-6H3,(H,68,76)(H,69,77)/t52-,53+,54+,55-,60-,61-,64+,65+/m1/s1. The number of nitrogens with zero attached hydrogens (tertiary/aromatic N) is 2. The first-order valence-corrected chi connectivity index (χ1v) is 28.0. The lowest BCUT2D eigenvalue weighted by atomic mass is 9.54. The number of methoxy groups -OCH3 is 2. The van der Waals surface area contributed by atoms with E-state index in [0.717, 1.165) is 55.6 Å². The van der Waals surface area contributed by atoms with Crippen LogP contribution < -0.4 is 21.3 Å². The summed E-state index contributed by atoms with van der Waals surface area (Å²) in [6.07, 6.45) is -3.48. The second kappa shape index (κ2) is 20.8. The van der Waals surface area contributed by atoms with Crippen molar-refractivity contribution in [1.82, 2.24) is 20.4 Å². The third kappa shape index (κ3) is 8.38. The Morgan fingerprint density at radius 1 is 0.519 bits per heavy atom. The van der Waals surface area contributed by atoms with Crippen molar-refractivity contribution in [2.75, 3.05) is 38.1 Å². The Bertz CT molecular complexity index is 3420. The number of hydrogen-bond acceptors (Lipinski definition) is 12. The fourth-order valence-corrected chi connectivity index (χ4v) is 14.7. The van der Waals surface area contributed by atoms with Gasteiger partial charge < -0.3 is 50.0 Å². The first-order valence-electron chi connectivity index (χ1n) is 28.0. The number of alkyl carbamates (subject to hydrolysis) is 2. The van der Waals surface area contributed by atoms with Crippen LogP contribution in [0.1, 0.15) is 92.2 Å². The van der Waals surface area contributed by atoms with Crippen molar-refractivity contribution in [2.45, 2.75) is 106 Å². The van der Waals surface area contributed by atoms with E-state index < -0.39 is 89.2 Å². The summed E-state index contributed by atoms with van der Waals surface area (Å²) in [5.74, 6) is -3.55. The smallest absolute Gasteiger partial charge is 0.407 e. The average molecular weight is 1090 g/mol. The van der Waals surface area contributed by atoms with Crippen molar-refractivity contribution in [3.63, 3.8) is 0 Å². The zero-order chi connectivity index (χ0) is 56.5. The van der Waals surface area contributed by atoms with Crippen LogP contribution in [0.15, 0.2) is 146 Å². The van der Waals surface area contributed by atoms with Crippen molar-refractivity contribution in [1.29, 1.82) is 0 Å². The van der Waals surface area contributed by atoms with Crippen molar-refractivity contribution >= 4 is 47.3 Å². The van der Waals surface area contributed by atoms with Gasteiger partial charge >= 0.3 is 24.1 Å². The number of benzene rings is 6. The lowest BCUT2D eigenvalue weighted by molar-refractivity contribution is -0.153. The molecule has 4 N–H and O–H groups in total. The van der Waals surface area contributed by atoms with Gasteiger partial charge in [0.25, 0.3) is 0 Å². The zero-order valence-corrected chi connectivity index (χ0v) is 46.1. The number of likely N-dealkylation sites (tertiary alicyclic amines) is 2. The average Bonchev–Trinajstić information content (AvgIpc) is 1.68. The molecule has 4 heterocycles. The van der Waals surface area contributed by atoms with E-state index in [1.807, 2.05) is 149 Å². The normalized spacial score (nSPS) is 23.1. The Balaban J connectivity index is 0.894. The van der Waals surface area contributed by atoms with Gasteiger partial charge in [-0.15, -0.1) is 0 Å². The molecule has 2 aliphatic carbocycles. The third-order valence-electron chi connectivity index (χ3n) is 18.0. The highest BCUT2D eigenvalue weighted by atomic mass is 16.6. The van der Waals surface area contributed by atoms with E-state index in [1.54, 1.807) is 0 Å². The maximum atomic E-state index is 15.9. The number of rotatable bonds is 14. The van der Waals surface area contributed by atoms with E-state index in [4.69, 9.17) is 18.9 Å². The molecule has 6 aliphatic rings. The molecule has 12 rings (SSSR count). The molecule has 4 aliphatic heterocycles. The number of hydrogen-bond donors (Lipinski definition) is 4. The van der Waals surface area contributed by atoms with Crippen LogP contribution in [0, 0.1) is 11.8 Å². The number of nitrogens with one attached hydrogen (secondary N) is 4. The van der Waals surface area contributed by atoms with Crippen LogP contribution in [0.25, 0.3) is 22.3 Å². The minimum absolute atomic E-state index is 0.0160. The summed E-state index contributed by atoms with van der Waals surface area (Å²) in [5.41, 5.74) is 8.71. The third-order valence-corrected chi connectivity index (χ3v) is 18.0. The molecule has 8 atom stereocenters. The Morgan fingerprint density at radius 3 is 1.28 bits per heavy atom. The molecule has 16 heteroatoms. The van der Waals surface area contributed by atoms with Crippen LogP contribution in [0.5, 0.6) is 0 Å². The molecular formula is C65H66N6O10. The van der Waals surface area contributed by atoms with E-state index in [0.29, 0.717) is 11.4 Å². The van der Waals surface area contributed by atoms with Gasteiger partial charge in [-0.05, 0) is 98.9 Å². The van der Waals surface area contributed by atoms with Gasteiger partial charge in [-0.25, -0.2) is 19.2 Å². The van der Waals surface area contributed by atoms with Gasteiger partial charge in [0.2, 0.25) is 11.8 Å². The fourth-order valence-electron chi connectivity index (χ4n) is 14.7. The summed E-state index contributed by atoms with van der Waals surface area (Å²) in [6, 6.07) is 42.6. The number of anilines is 2. The van der Waals surface area contributed by atoms with Crippen LogP contribution >= 0.6 is 0 Å². The summed E-state index contributed by atoms with van der Waals surface area (Å²) >= 11 is 0. The molecule has 16 nitrogen and oxygen atoms in total. The van der Waals surface area contributed by atoms with Gasteiger partial charge in [-0.3, -0.25) is 9.59 Å². The first-order chi connectivity index (χ1) is 39.2. The molecule has 0 bridgehead atoms. The van der Waals surface area contributed by atoms with E-state index in [2.05, 4.69) is 45.5 Å². The van der Waals surface area contributed by atoms with E-state index in [-0.39, 0.29) is 50.2 Å². The van der Waals surface area contributed by atoms with Crippen molar-refractivity contribution in [3.05, 3.63) is 179 Å². The van der Waals surface area contributed by atoms with Gasteiger partial charge in [0, 0.05) is 23.2 Å². The molecule has 2 saturated heterocycles. The highest BCUT2D eigenvalue weighted by Gasteiger charge is 2.77. The van der Waals surface area contributed by atoms with Crippen LogP contribution in [-0.2, 0) is 49.0 Å². The molecule has 6 aromatic carbocycles. The second-order valence-electron chi connectivity index (χ2n) is 22.9. The van der Waals surface area contributed by atoms with Gasteiger partial charge in [-0.2, -0.15) is 0 Å². The monoisotopic (exact) mass is 1090 g/mol. The van der Waals surface area contributed by atoms with E-state index in [9.17, 15) is 19.2 Å². The summed E-state index contributed by atoms with van der Waals surface area (Å²) in [6.45, 7) is 7.57. The quantitative estimate of drug-likeness (QED) is 0.0597. The van der Waals surface area contributed by atoms with Gasteiger partial charge in [-0.1, -0.05) is 161 Å². The maximum absolute atomic E-state index is 15.9. The molecule has 0 spiro atoms. The van der Waals surface area contributed by atoms with Crippen molar-refractivity contribution < 1.29 is 47.7 Å². The largest absolute Gasteiger partial charge is 0.467 e. The van der Waals surface area contributed by atoms with Crippen molar-refractivity contribution in [2.24, 2.45) is 11.8 Å². The Hall–Kier alpha value is -8.66. The number of amides is 4. The van der Waals surface area contributed by atoms with Crippen molar-refractivity contribution in [3.8, 4) is 22.3 Å². The summed E-state index contributed by atoms with van der Waals surface area (Å²) in [5, 5.41) is 13.2. The SMILES string of the molecule is COC(=O)[C@@H]1C[C@]2([C@]34C[C@@H](C(=O)OC)N(C(=O)[C@H](NC(=O)OCC5c6ccccc6-c6ccccc65)C(C)C)[C@H]3Nc3ccccc34)c3ccccc3N[C@@H]2N1C(=O)[C@@H](CC(C)C)NC(=O)OCC1c2ccccc2-c2ccccc21. The Kier molecular flexibility index (Phi) is 13.6. The molecule has 4 amide bonds. The number of carbonyl (C=O) groups excluding carboxylic acids is 6. The van der Waals surface area contributed by atoms with E-state index >= 15 is 9.59 Å². The molecule has 6 aromatic rings. The van der Waals surface area contributed by atoms with Crippen LogP contribution in [0.2, 0.25) is 0 Å². The van der Waals surface area contributed by atoms with Gasteiger partial charge in [0.15, 0.2) is 0 Å². The minimum atomic E-state index is -1.30. The molecule has 0 radical (unpaired) electrons. The molecule has 416 valence electrons. The number of para-hydroxylation sites is 2. The molecule has 81 heavy (non-hydrogen) atoms. The fraction of sp³-hybridized carbons (Fsp3) is 0.354. The van der Waals surface area contributed by atoms with Crippen LogP contribution in [0.4, 0.5) is 21.0 Å². The van der Waals surface area contributed by atoms with Crippen LogP contribution in [0.3, 0.4) is 0 Å². The molecule has 0 aromatic heterocycles. The van der Waals surface area contributed by atoms with Gasteiger partial charge in [0.1, 0.15) is 49.7 Å². The Labute approximate surface area is 470 Å². The van der Waals surface area contributed by atoms with Crippen LogP contribution in [-0.4, -0.2) is 110 Å². The number of ether oxygens (including phenoxy) is 4. The summed E-state index contributed by atoms with van der Waals surface area (Å²) in [4.78, 5) is 92.5. The lowest BCUT2D eigenvalue weighted by Gasteiger charge is -2.48. The first kappa shape index (κ1) is 53.0. The Morgan fingerprint density at radius 2 is 0.889 bits per heavy atom. The summed E-state index contributed by atoms with van der Waals surface area (Å²) in [7, 11) is 2.55. The van der Waals surface area contributed by atoms with E-state index in [1.165, 1.54) is 24.0 Å². The number of esters is 2. The highest BCUT2D eigenvalue weighted by molar-refractivity contribution is 5.95. The predicted octanol–water partition coefficient (Wildman–Crippen LogP) is 9.43. The number of carbonyl (C=O) groups is 6. The maximum Gasteiger partial charge on any atom is 0.407 e. The number of fused-ring (bicyclic) bond motifs is 13. The topological polar surface area (TPSA) is 194 Å². The molecule has 2 fully saturated rings. The zero-order valence-electron chi connectivity index (χ0n) is 46.1. The highest BCUT2D eigenvalue weighted by Crippen LogP contribution is 2.69. The minimum Gasteiger partial charge on any atom is -0.467 e. The molecule has 0 unspecified atom stereocenters. The van der Waals surface area contributed by atoms with Gasteiger partial charge in [0.05, 0.1) is 25.0 Å². The predicted molar refractivity (Wildman–Crippen MR) is 304 cm³/mol. The second-order valence-corrected chi connectivity index (χ2v) is 22.9.